The molecule has 1 atom stereocenters. The largest absolute Gasteiger partial charge is 0.332 e. The van der Waals surface area contributed by atoms with Gasteiger partial charge in [-0.05, 0) is 12.0 Å². The summed E-state index contributed by atoms with van der Waals surface area (Å²) >= 11 is 0. The zero-order chi connectivity index (χ0) is 11.9. The van der Waals surface area contributed by atoms with Gasteiger partial charge in [0.15, 0.2) is 0 Å². The van der Waals surface area contributed by atoms with E-state index in [4.69, 9.17) is 4.52 Å². The van der Waals surface area contributed by atoms with Crippen molar-refractivity contribution in [2.75, 3.05) is 6.61 Å². The number of hydrogen-bond donors (Lipinski definition) is 1. The predicted molar refractivity (Wildman–Crippen MR) is 65.4 cm³/mol. The maximum absolute atomic E-state index is 11.6. The summed E-state index contributed by atoms with van der Waals surface area (Å²) in [5, 5.41) is 0. The van der Waals surface area contributed by atoms with Gasteiger partial charge in [0.2, 0.25) is 0 Å². The van der Waals surface area contributed by atoms with Crippen molar-refractivity contribution in [3.8, 4) is 0 Å². The van der Waals surface area contributed by atoms with Crippen LogP contribution in [0.15, 0.2) is 42.5 Å². The van der Waals surface area contributed by atoms with Crippen molar-refractivity contribution in [3.63, 3.8) is 0 Å². The molecule has 0 aliphatic heterocycles. The molecule has 0 heterocycles. The molecule has 0 fully saturated rings. The first-order valence-corrected chi connectivity index (χ1v) is 7.05. The lowest BCUT2D eigenvalue weighted by atomic mass is 10.2. The Hall–Kier alpha value is -0.890. The quantitative estimate of drug-likeness (QED) is 0.612. The first kappa shape index (κ1) is 13.2. The molecule has 0 bridgehead atoms. The van der Waals surface area contributed by atoms with Crippen LogP contribution in [0.3, 0.4) is 0 Å². The van der Waals surface area contributed by atoms with E-state index in [9.17, 15) is 9.46 Å². The Balaban J connectivity index is 2.46. The molecule has 1 aromatic rings. The van der Waals surface area contributed by atoms with Gasteiger partial charge in [-0.3, -0.25) is 4.57 Å². The van der Waals surface area contributed by atoms with Crippen LogP contribution in [-0.2, 0) is 15.3 Å². The lowest BCUT2D eigenvalue weighted by Gasteiger charge is -2.10. The minimum Gasteiger partial charge on any atom is -0.324 e. The van der Waals surface area contributed by atoms with Crippen LogP contribution in [0.2, 0.25) is 0 Å². The van der Waals surface area contributed by atoms with Gasteiger partial charge in [-0.15, -0.1) is 0 Å². The van der Waals surface area contributed by atoms with Crippen molar-refractivity contribution in [3.05, 3.63) is 48.0 Å². The normalized spacial score (nSPS) is 15.1. The standard InChI is InChI=1S/C12H17O3P/c1-2-3-7-10-15-16(13,14)11-12-8-5-4-6-9-12/h3-9H,2,10-11H2,1H3,(H,13,14). The van der Waals surface area contributed by atoms with Crippen LogP contribution in [0, 0.1) is 0 Å². The van der Waals surface area contributed by atoms with Gasteiger partial charge < -0.3 is 9.42 Å². The molecule has 0 amide bonds. The number of allylic oxidation sites excluding steroid dienone is 1. The first-order chi connectivity index (χ1) is 7.64. The molecule has 3 nitrogen and oxygen atoms in total. The highest BCUT2D eigenvalue weighted by atomic mass is 31.2. The average Bonchev–Trinajstić information content (AvgIpc) is 2.25. The van der Waals surface area contributed by atoms with Crippen LogP contribution < -0.4 is 0 Å². The fourth-order valence-corrected chi connectivity index (χ4v) is 2.34. The molecule has 0 saturated carbocycles. The van der Waals surface area contributed by atoms with Crippen molar-refractivity contribution in [2.24, 2.45) is 0 Å². The average molecular weight is 240 g/mol. The zero-order valence-electron chi connectivity index (χ0n) is 9.37. The van der Waals surface area contributed by atoms with Crippen molar-refractivity contribution in [2.45, 2.75) is 19.5 Å². The molecule has 16 heavy (non-hydrogen) atoms. The minimum absolute atomic E-state index is 0.0633. The molecule has 0 saturated heterocycles. The molecule has 88 valence electrons. The molecular formula is C12H17O3P. The highest BCUT2D eigenvalue weighted by molar-refractivity contribution is 7.51. The lowest BCUT2D eigenvalue weighted by Crippen LogP contribution is -1.93. The van der Waals surface area contributed by atoms with Crippen LogP contribution in [-0.4, -0.2) is 11.5 Å². The van der Waals surface area contributed by atoms with Crippen LogP contribution >= 0.6 is 7.60 Å². The van der Waals surface area contributed by atoms with E-state index >= 15 is 0 Å². The van der Waals surface area contributed by atoms with E-state index in [1.165, 1.54) is 0 Å². The van der Waals surface area contributed by atoms with Crippen molar-refractivity contribution >= 4 is 7.60 Å². The molecule has 0 aliphatic carbocycles. The van der Waals surface area contributed by atoms with Crippen molar-refractivity contribution in [1.29, 1.82) is 0 Å². The van der Waals surface area contributed by atoms with Crippen LogP contribution in [0.5, 0.6) is 0 Å². The van der Waals surface area contributed by atoms with Gasteiger partial charge in [0.05, 0.1) is 12.8 Å². The molecule has 0 spiro atoms. The van der Waals surface area contributed by atoms with E-state index in [-0.39, 0.29) is 12.8 Å². The second kappa shape index (κ2) is 6.64. The van der Waals surface area contributed by atoms with Gasteiger partial charge in [-0.25, -0.2) is 0 Å². The van der Waals surface area contributed by atoms with Crippen LogP contribution in [0.4, 0.5) is 0 Å². The Bertz CT molecular complexity index is 373. The third-order valence-electron chi connectivity index (χ3n) is 2.00. The SMILES string of the molecule is CCC=CCOP(=O)(O)Cc1ccccc1. The maximum Gasteiger partial charge on any atom is 0.332 e. The summed E-state index contributed by atoms with van der Waals surface area (Å²) in [5.74, 6) is 0. The van der Waals surface area contributed by atoms with E-state index < -0.39 is 7.60 Å². The third-order valence-corrected chi connectivity index (χ3v) is 3.32. The third kappa shape index (κ3) is 5.26. The van der Waals surface area contributed by atoms with Crippen LogP contribution in [0.1, 0.15) is 18.9 Å². The van der Waals surface area contributed by atoms with E-state index in [1.54, 1.807) is 6.08 Å². The van der Waals surface area contributed by atoms with E-state index in [0.717, 1.165) is 12.0 Å². The van der Waals surface area contributed by atoms with Crippen molar-refractivity contribution < 1.29 is 14.0 Å². The molecule has 1 rings (SSSR count). The topological polar surface area (TPSA) is 46.5 Å². The monoisotopic (exact) mass is 240 g/mol. The Morgan fingerprint density at radius 2 is 2.00 bits per heavy atom. The Morgan fingerprint density at radius 3 is 2.62 bits per heavy atom. The van der Waals surface area contributed by atoms with Gasteiger partial charge in [-0.2, -0.15) is 0 Å². The molecule has 1 unspecified atom stereocenters. The van der Waals surface area contributed by atoms with Gasteiger partial charge in [0, 0.05) is 0 Å². The second-order valence-electron chi connectivity index (χ2n) is 3.46. The van der Waals surface area contributed by atoms with Crippen LogP contribution in [0.25, 0.3) is 0 Å². The zero-order valence-corrected chi connectivity index (χ0v) is 10.3. The summed E-state index contributed by atoms with van der Waals surface area (Å²) in [6.07, 6.45) is 4.63. The summed E-state index contributed by atoms with van der Waals surface area (Å²) in [4.78, 5) is 9.57. The summed E-state index contributed by atoms with van der Waals surface area (Å²) in [6, 6.07) is 9.18. The predicted octanol–water partition coefficient (Wildman–Crippen LogP) is 3.35. The van der Waals surface area contributed by atoms with Gasteiger partial charge >= 0.3 is 7.60 Å². The first-order valence-electron chi connectivity index (χ1n) is 5.29. The van der Waals surface area contributed by atoms with E-state index in [0.29, 0.717) is 0 Å². The van der Waals surface area contributed by atoms with Gasteiger partial charge in [-0.1, -0.05) is 49.4 Å². The molecule has 1 N–H and O–H groups in total. The van der Waals surface area contributed by atoms with Crippen molar-refractivity contribution in [1.82, 2.24) is 0 Å². The summed E-state index contributed by atoms with van der Waals surface area (Å²) in [6.45, 7) is 2.19. The number of benzene rings is 1. The second-order valence-corrected chi connectivity index (χ2v) is 5.31. The van der Waals surface area contributed by atoms with Gasteiger partial charge in [0.1, 0.15) is 0 Å². The summed E-state index contributed by atoms with van der Waals surface area (Å²) in [7, 11) is -3.51. The molecule has 0 radical (unpaired) electrons. The highest BCUT2D eigenvalue weighted by Crippen LogP contribution is 2.45. The Labute approximate surface area is 96.3 Å². The minimum atomic E-state index is -3.51. The fraction of sp³-hybridized carbons (Fsp3) is 0.333. The Kier molecular flexibility index (Phi) is 5.47. The summed E-state index contributed by atoms with van der Waals surface area (Å²) in [5.41, 5.74) is 0.813. The van der Waals surface area contributed by atoms with Gasteiger partial charge in [0.25, 0.3) is 0 Å². The summed E-state index contributed by atoms with van der Waals surface area (Å²) < 4.78 is 16.6. The highest BCUT2D eigenvalue weighted by Gasteiger charge is 2.18. The van der Waals surface area contributed by atoms with E-state index in [1.807, 2.05) is 43.3 Å². The maximum atomic E-state index is 11.6. The Morgan fingerprint density at radius 1 is 1.31 bits per heavy atom. The molecule has 0 aliphatic rings. The number of rotatable bonds is 6. The molecule has 1 aromatic carbocycles. The van der Waals surface area contributed by atoms with E-state index in [2.05, 4.69) is 0 Å². The fourth-order valence-electron chi connectivity index (χ4n) is 1.25. The molecule has 0 aromatic heterocycles. The number of hydrogen-bond acceptors (Lipinski definition) is 2. The molecular weight excluding hydrogens is 223 g/mol. The smallest absolute Gasteiger partial charge is 0.324 e. The lowest BCUT2D eigenvalue weighted by molar-refractivity contribution is 0.286. The molecule has 4 heteroatoms.